The molecule has 3 heterocycles. The number of rotatable bonds is 6. The summed E-state index contributed by atoms with van der Waals surface area (Å²) in [5.74, 6) is -0.707. The van der Waals surface area contributed by atoms with E-state index in [1.165, 1.54) is 16.7 Å². The molecule has 0 atom stereocenters. The van der Waals surface area contributed by atoms with Crippen LogP contribution in [-0.2, 0) is 13.1 Å². The van der Waals surface area contributed by atoms with Crippen molar-refractivity contribution in [2.45, 2.75) is 13.1 Å². The highest BCUT2D eigenvalue weighted by Crippen LogP contribution is 2.14. The number of nitrogens with one attached hydrogen (secondary N) is 2. The highest BCUT2D eigenvalue weighted by molar-refractivity contribution is 6.02. The Balaban J connectivity index is 1.55. The molecule has 0 radical (unpaired) electrons. The molecular weight excluding hydrogens is 375 g/mol. The van der Waals surface area contributed by atoms with E-state index in [0.717, 1.165) is 0 Å². The number of halogens is 1. The standard InChI is InChI=1S/C21H17FN4O3/c22-16-8-2-1-6-14(16)12-23-21(28)19-25-18(17-9-3-4-10-26(17)19)20(27)24-13-15-7-5-11-29-15/h1-11H,12-13H2,(H,23,28)(H,24,27). The second kappa shape index (κ2) is 7.97. The molecule has 0 fully saturated rings. The molecule has 29 heavy (non-hydrogen) atoms. The van der Waals surface area contributed by atoms with E-state index in [1.54, 1.807) is 54.7 Å². The first-order valence-corrected chi connectivity index (χ1v) is 8.93. The van der Waals surface area contributed by atoms with Crippen molar-refractivity contribution in [3.63, 3.8) is 0 Å². The molecular formula is C21H17FN4O3. The predicted octanol–water partition coefficient (Wildman–Crippen LogP) is 2.93. The first-order chi connectivity index (χ1) is 14.1. The van der Waals surface area contributed by atoms with E-state index in [4.69, 9.17) is 4.42 Å². The molecule has 146 valence electrons. The summed E-state index contributed by atoms with van der Waals surface area (Å²) in [5.41, 5.74) is 0.965. The second-order valence-corrected chi connectivity index (χ2v) is 6.28. The van der Waals surface area contributed by atoms with Crippen LogP contribution in [0.25, 0.3) is 5.52 Å². The highest BCUT2D eigenvalue weighted by Gasteiger charge is 2.21. The summed E-state index contributed by atoms with van der Waals surface area (Å²) >= 11 is 0. The van der Waals surface area contributed by atoms with E-state index in [0.29, 0.717) is 16.8 Å². The van der Waals surface area contributed by atoms with Gasteiger partial charge in [-0.3, -0.25) is 14.0 Å². The number of hydrogen-bond acceptors (Lipinski definition) is 4. The maximum Gasteiger partial charge on any atom is 0.287 e. The van der Waals surface area contributed by atoms with Gasteiger partial charge < -0.3 is 15.1 Å². The minimum Gasteiger partial charge on any atom is -0.467 e. The number of aromatic nitrogens is 2. The van der Waals surface area contributed by atoms with Crippen molar-refractivity contribution in [3.05, 3.63) is 95.7 Å². The zero-order valence-electron chi connectivity index (χ0n) is 15.3. The van der Waals surface area contributed by atoms with Gasteiger partial charge >= 0.3 is 0 Å². The van der Waals surface area contributed by atoms with Gasteiger partial charge in [-0.25, -0.2) is 9.37 Å². The molecule has 4 aromatic rings. The van der Waals surface area contributed by atoms with Crippen LogP contribution < -0.4 is 10.6 Å². The smallest absolute Gasteiger partial charge is 0.287 e. The van der Waals surface area contributed by atoms with E-state index in [-0.39, 0.29) is 24.6 Å². The molecule has 2 amide bonds. The average Bonchev–Trinajstić information content (AvgIpc) is 3.39. The Bertz CT molecular complexity index is 1170. The SMILES string of the molecule is O=C(NCc1ccco1)c1nc(C(=O)NCc2ccccc2F)n2ccccc12. The molecule has 3 aromatic heterocycles. The molecule has 0 aliphatic rings. The van der Waals surface area contributed by atoms with Gasteiger partial charge in [-0.05, 0) is 30.3 Å². The number of imidazole rings is 1. The third kappa shape index (κ3) is 3.86. The van der Waals surface area contributed by atoms with Gasteiger partial charge in [0.25, 0.3) is 11.8 Å². The van der Waals surface area contributed by atoms with Crippen molar-refractivity contribution in [2.24, 2.45) is 0 Å². The second-order valence-electron chi connectivity index (χ2n) is 6.28. The quantitative estimate of drug-likeness (QED) is 0.528. The maximum atomic E-state index is 13.8. The summed E-state index contributed by atoms with van der Waals surface area (Å²) < 4.78 is 20.5. The molecule has 0 spiro atoms. The number of nitrogens with zero attached hydrogens (tertiary/aromatic N) is 2. The van der Waals surface area contributed by atoms with E-state index in [9.17, 15) is 14.0 Å². The van der Waals surface area contributed by atoms with Crippen LogP contribution in [0.3, 0.4) is 0 Å². The lowest BCUT2D eigenvalue weighted by Gasteiger charge is -2.05. The number of benzene rings is 1. The van der Waals surface area contributed by atoms with Crippen LogP contribution in [0.4, 0.5) is 4.39 Å². The van der Waals surface area contributed by atoms with Gasteiger partial charge in [0, 0.05) is 18.3 Å². The summed E-state index contributed by atoms with van der Waals surface area (Å²) in [6, 6.07) is 14.8. The van der Waals surface area contributed by atoms with Crippen LogP contribution in [0.1, 0.15) is 32.4 Å². The van der Waals surface area contributed by atoms with Crippen molar-refractivity contribution >= 4 is 17.3 Å². The summed E-state index contributed by atoms with van der Waals surface area (Å²) in [5, 5.41) is 5.37. The highest BCUT2D eigenvalue weighted by atomic mass is 19.1. The van der Waals surface area contributed by atoms with Crippen molar-refractivity contribution in [1.29, 1.82) is 0 Å². The van der Waals surface area contributed by atoms with E-state index < -0.39 is 17.6 Å². The fraction of sp³-hybridized carbons (Fsp3) is 0.0952. The topological polar surface area (TPSA) is 88.6 Å². The normalized spacial score (nSPS) is 10.8. The molecule has 2 N–H and O–H groups in total. The number of hydrogen-bond donors (Lipinski definition) is 2. The molecule has 0 saturated heterocycles. The van der Waals surface area contributed by atoms with Crippen molar-refractivity contribution < 1.29 is 18.4 Å². The largest absolute Gasteiger partial charge is 0.467 e. The first-order valence-electron chi connectivity index (χ1n) is 8.93. The number of pyridine rings is 1. The van der Waals surface area contributed by atoms with Crippen LogP contribution in [0.5, 0.6) is 0 Å². The zero-order valence-corrected chi connectivity index (χ0v) is 15.3. The molecule has 4 rings (SSSR count). The molecule has 0 unspecified atom stereocenters. The van der Waals surface area contributed by atoms with Gasteiger partial charge in [0.2, 0.25) is 5.82 Å². The van der Waals surface area contributed by atoms with Crippen LogP contribution in [0.2, 0.25) is 0 Å². The Hall–Kier alpha value is -3.94. The van der Waals surface area contributed by atoms with Gasteiger partial charge in [0.1, 0.15) is 11.6 Å². The molecule has 0 saturated carbocycles. The number of carbonyl (C=O) groups is 2. The van der Waals surface area contributed by atoms with Crippen molar-refractivity contribution in [1.82, 2.24) is 20.0 Å². The third-order valence-corrected chi connectivity index (χ3v) is 4.37. The fourth-order valence-corrected chi connectivity index (χ4v) is 2.93. The van der Waals surface area contributed by atoms with Gasteiger partial charge in [0.05, 0.1) is 18.3 Å². The number of fused-ring (bicyclic) bond motifs is 1. The Labute approximate surface area is 165 Å². The molecule has 0 aliphatic heterocycles. The lowest BCUT2D eigenvalue weighted by Crippen LogP contribution is -2.26. The van der Waals surface area contributed by atoms with Crippen LogP contribution in [0, 0.1) is 5.82 Å². The van der Waals surface area contributed by atoms with Gasteiger partial charge in [-0.1, -0.05) is 24.3 Å². The Kier molecular flexibility index (Phi) is 5.07. The summed E-state index contributed by atoms with van der Waals surface area (Å²) in [6.07, 6.45) is 3.16. The molecule has 8 heteroatoms. The van der Waals surface area contributed by atoms with Crippen LogP contribution in [-0.4, -0.2) is 21.2 Å². The maximum absolute atomic E-state index is 13.8. The molecule has 0 aliphatic carbocycles. The van der Waals surface area contributed by atoms with Crippen molar-refractivity contribution in [2.75, 3.05) is 0 Å². The van der Waals surface area contributed by atoms with E-state index >= 15 is 0 Å². The first kappa shape index (κ1) is 18.4. The zero-order chi connectivity index (χ0) is 20.2. The number of furan rings is 1. The summed E-state index contributed by atoms with van der Waals surface area (Å²) in [7, 11) is 0. The fourth-order valence-electron chi connectivity index (χ4n) is 2.93. The average molecular weight is 392 g/mol. The summed E-state index contributed by atoms with van der Waals surface area (Å²) in [4.78, 5) is 29.5. The monoisotopic (exact) mass is 392 g/mol. The Morgan fingerprint density at radius 2 is 1.76 bits per heavy atom. The summed E-state index contributed by atoms with van der Waals surface area (Å²) in [6.45, 7) is 0.208. The van der Waals surface area contributed by atoms with Crippen molar-refractivity contribution in [3.8, 4) is 0 Å². The van der Waals surface area contributed by atoms with Crippen LogP contribution in [0.15, 0.2) is 71.5 Å². The third-order valence-electron chi connectivity index (χ3n) is 4.37. The molecule has 7 nitrogen and oxygen atoms in total. The van der Waals surface area contributed by atoms with E-state index in [1.807, 2.05) is 0 Å². The minimum absolute atomic E-state index is 0.00722. The van der Waals surface area contributed by atoms with Gasteiger partial charge in [-0.15, -0.1) is 0 Å². The Morgan fingerprint density at radius 1 is 0.966 bits per heavy atom. The van der Waals surface area contributed by atoms with Gasteiger partial charge in [-0.2, -0.15) is 0 Å². The van der Waals surface area contributed by atoms with E-state index in [2.05, 4.69) is 15.6 Å². The molecule has 0 bridgehead atoms. The number of carbonyl (C=O) groups excluding carboxylic acids is 2. The minimum atomic E-state index is -0.514. The Morgan fingerprint density at radius 3 is 2.55 bits per heavy atom. The van der Waals surface area contributed by atoms with Gasteiger partial charge in [0.15, 0.2) is 5.69 Å². The lowest BCUT2D eigenvalue weighted by atomic mass is 10.2. The lowest BCUT2D eigenvalue weighted by molar-refractivity contribution is 0.0939. The predicted molar refractivity (Wildman–Crippen MR) is 103 cm³/mol. The number of amides is 2. The van der Waals surface area contributed by atoms with Crippen LogP contribution >= 0.6 is 0 Å². The molecule has 1 aromatic carbocycles.